The highest BCUT2D eigenvalue weighted by atomic mass is 35.5. The maximum Gasteiger partial charge on any atom is 0.201 e. The van der Waals surface area contributed by atoms with Gasteiger partial charge in [-0.2, -0.15) is 0 Å². The lowest BCUT2D eigenvalue weighted by molar-refractivity contribution is 0.00798. The molecule has 1 saturated carbocycles. The molecule has 1 aromatic carbocycles. The van der Waals surface area contributed by atoms with Crippen molar-refractivity contribution in [2.45, 2.75) is 25.0 Å². The molecule has 0 spiro atoms. The van der Waals surface area contributed by atoms with Gasteiger partial charge in [-0.1, -0.05) is 17.7 Å². The Labute approximate surface area is 104 Å². The number of nitrogen functional groups attached to an aromatic ring is 1. The van der Waals surface area contributed by atoms with Gasteiger partial charge in [0.15, 0.2) is 0 Å². The highest BCUT2D eigenvalue weighted by molar-refractivity contribution is 6.35. The third-order valence-electron chi connectivity index (χ3n) is 3.47. The molecule has 0 saturated heterocycles. The summed E-state index contributed by atoms with van der Waals surface area (Å²) < 4.78 is 7.36. The predicted octanol–water partition coefficient (Wildman–Crippen LogP) is 2.62. The number of nitrogens with two attached hydrogens (primary N) is 1. The molecule has 3 rings (SSSR count). The first kappa shape index (κ1) is 10.9. The molecule has 1 aromatic heterocycles. The van der Waals surface area contributed by atoms with E-state index in [1.54, 1.807) is 7.11 Å². The van der Waals surface area contributed by atoms with E-state index in [4.69, 9.17) is 22.1 Å². The third kappa shape index (κ3) is 1.59. The van der Waals surface area contributed by atoms with E-state index in [1.165, 1.54) is 0 Å². The van der Waals surface area contributed by atoms with Crippen molar-refractivity contribution in [1.82, 2.24) is 9.55 Å². The van der Waals surface area contributed by atoms with Crippen LogP contribution in [0, 0.1) is 0 Å². The van der Waals surface area contributed by atoms with Gasteiger partial charge in [0.25, 0.3) is 0 Å². The molecule has 0 bridgehead atoms. The molecule has 1 aliphatic rings. The van der Waals surface area contributed by atoms with Crippen LogP contribution in [0.25, 0.3) is 11.0 Å². The largest absolute Gasteiger partial charge is 0.381 e. The Morgan fingerprint density at radius 1 is 1.47 bits per heavy atom. The lowest BCUT2D eigenvalue weighted by Crippen LogP contribution is -2.32. The Hall–Kier alpha value is -1.26. The summed E-state index contributed by atoms with van der Waals surface area (Å²) in [6.45, 7) is 0. The summed E-state index contributed by atoms with van der Waals surface area (Å²) in [7, 11) is 1.74. The quantitative estimate of drug-likeness (QED) is 0.893. The second-order valence-electron chi connectivity index (χ2n) is 4.43. The summed E-state index contributed by atoms with van der Waals surface area (Å²) in [4.78, 5) is 4.33. The summed E-state index contributed by atoms with van der Waals surface area (Å²) >= 11 is 6.11. The van der Waals surface area contributed by atoms with E-state index in [9.17, 15) is 0 Å². The minimum Gasteiger partial charge on any atom is -0.381 e. The topological polar surface area (TPSA) is 53.1 Å². The SMILES string of the molecule is COC1CC(n2c(N)nc3c(Cl)cccc32)C1. The van der Waals surface area contributed by atoms with E-state index in [1.807, 2.05) is 18.2 Å². The molecule has 17 heavy (non-hydrogen) atoms. The molecule has 2 N–H and O–H groups in total. The van der Waals surface area contributed by atoms with Gasteiger partial charge < -0.3 is 15.0 Å². The lowest BCUT2D eigenvalue weighted by atomic mass is 9.89. The van der Waals surface area contributed by atoms with Crippen molar-refractivity contribution in [1.29, 1.82) is 0 Å². The monoisotopic (exact) mass is 251 g/mol. The average Bonchev–Trinajstić information content (AvgIpc) is 2.57. The Morgan fingerprint density at radius 2 is 2.24 bits per heavy atom. The van der Waals surface area contributed by atoms with Crippen LogP contribution in [0.5, 0.6) is 0 Å². The highest BCUT2D eigenvalue weighted by Gasteiger charge is 2.32. The zero-order valence-corrected chi connectivity index (χ0v) is 10.3. The number of ether oxygens (including phenoxy) is 1. The number of hydrogen-bond acceptors (Lipinski definition) is 3. The molecule has 1 fully saturated rings. The Morgan fingerprint density at radius 3 is 2.94 bits per heavy atom. The van der Waals surface area contributed by atoms with Gasteiger partial charge in [0.2, 0.25) is 5.95 Å². The lowest BCUT2D eigenvalue weighted by Gasteiger charge is -2.35. The number of nitrogens with zero attached hydrogens (tertiary/aromatic N) is 2. The first-order valence-corrected chi connectivity index (χ1v) is 6.03. The van der Waals surface area contributed by atoms with Crippen LogP contribution in [0.4, 0.5) is 5.95 Å². The van der Waals surface area contributed by atoms with Gasteiger partial charge in [-0.15, -0.1) is 0 Å². The van der Waals surface area contributed by atoms with Gasteiger partial charge in [0.1, 0.15) is 5.52 Å². The molecule has 1 heterocycles. The van der Waals surface area contributed by atoms with Gasteiger partial charge in [-0.3, -0.25) is 0 Å². The normalized spacial score (nSPS) is 23.9. The van der Waals surface area contributed by atoms with Crippen LogP contribution in [0.2, 0.25) is 5.02 Å². The summed E-state index contributed by atoms with van der Waals surface area (Å²) in [6.07, 6.45) is 2.31. The number of methoxy groups -OCH3 is 1. The summed E-state index contributed by atoms with van der Waals surface area (Å²) in [5.41, 5.74) is 7.77. The molecular formula is C12H14ClN3O. The zero-order valence-electron chi connectivity index (χ0n) is 9.56. The van der Waals surface area contributed by atoms with Crippen LogP contribution >= 0.6 is 11.6 Å². The van der Waals surface area contributed by atoms with Gasteiger partial charge >= 0.3 is 0 Å². The van der Waals surface area contributed by atoms with Crippen LogP contribution in [-0.2, 0) is 4.74 Å². The van der Waals surface area contributed by atoms with E-state index in [0.717, 1.165) is 23.9 Å². The third-order valence-corrected chi connectivity index (χ3v) is 3.77. The van der Waals surface area contributed by atoms with Crippen molar-refractivity contribution in [2.75, 3.05) is 12.8 Å². The van der Waals surface area contributed by atoms with E-state index in [0.29, 0.717) is 23.1 Å². The predicted molar refractivity (Wildman–Crippen MR) is 68.2 cm³/mol. The molecule has 90 valence electrons. The minimum atomic E-state index is 0.344. The van der Waals surface area contributed by atoms with E-state index in [-0.39, 0.29) is 0 Å². The van der Waals surface area contributed by atoms with Gasteiger partial charge in [-0.25, -0.2) is 4.98 Å². The number of hydrogen-bond donors (Lipinski definition) is 1. The molecule has 0 amide bonds. The maximum absolute atomic E-state index is 6.11. The number of aromatic nitrogens is 2. The molecule has 0 unspecified atom stereocenters. The summed E-state index contributed by atoms with van der Waals surface area (Å²) in [6, 6.07) is 6.14. The van der Waals surface area contributed by atoms with Crippen LogP contribution in [0.15, 0.2) is 18.2 Å². The van der Waals surface area contributed by atoms with Gasteiger partial charge in [-0.05, 0) is 25.0 Å². The van der Waals surface area contributed by atoms with Gasteiger partial charge in [0.05, 0.1) is 16.6 Å². The zero-order chi connectivity index (χ0) is 12.0. The van der Waals surface area contributed by atoms with E-state index < -0.39 is 0 Å². The fourth-order valence-corrected chi connectivity index (χ4v) is 2.64. The van der Waals surface area contributed by atoms with Gasteiger partial charge in [0, 0.05) is 13.2 Å². The van der Waals surface area contributed by atoms with E-state index >= 15 is 0 Å². The minimum absolute atomic E-state index is 0.344. The van der Waals surface area contributed by atoms with E-state index in [2.05, 4.69) is 9.55 Å². The molecule has 2 aromatic rings. The second kappa shape index (κ2) is 3.89. The fraction of sp³-hybridized carbons (Fsp3) is 0.417. The number of anilines is 1. The molecule has 4 nitrogen and oxygen atoms in total. The van der Waals surface area contributed by atoms with Crippen LogP contribution < -0.4 is 5.73 Å². The van der Waals surface area contributed by atoms with Crippen molar-refractivity contribution < 1.29 is 4.74 Å². The molecular weight excluding hydrogens is 238 g/mol. The molecule has 0 aliphatic heterocycles. The van der Waals surface area contributed by atoms with Crippen molar-refractivity contribution in [3.63, 3.8) is 0 Å². The second-order valence-corrected chi connectivity index (χ2v) is 4.84. The van der Waals surface area contributed by atoms with Crippen LogP contribution in [0.1, 0.15) is 18.9 Å². The maximum atomic E-state index is 6.11. The van der Waals surface area contributed by atoms with Crippen molar-refractivity contribution in [3.05, 3.63) is 23.2 Å². The highest BCUT2D eigenvalue weighted by Crippen LogP contribution is 2.39. The molecule has 0 atom stereocenters. The van der Waals surface area contributed by atoms with Crippen LogP contribution in [-0.4, -0.2) is 22.8 Å². The summed E-state index contributed by atoms with van der Waals surface area (Å²) in [5, 5.41) is 0.649. The van der Waals surface area contributed by atoms with Crippen LogP contribution in [0.3, 0.4) is 0 Å². The Bertz CT molecular complexity index is 560. The number of fused-ring (bicyclic) bond motifs is 1. The Kier molecular flexibility index (Phi) is 2.49. The number of halogens is 1. The number of imidazole rings is 1. The number of para-hydroxylation sites is 1. The fourth-order valence-electron chi connectivity index (χ4n) is 2.43. The smallest absolute Gasteiger partial charge is 0.201 e. The molecule has 0 radical (unpaired) electrons. The van der Waals surface area contributed by atoms with Crippen molar-refractivity contribution in [3.8, 4) is 0 Å². The standard InChI is InChI=1S/C12H14ClN3O/c1-17-8-5-7(6-8)16-10-4-2-3-9(13)11(10)15-12(16)14/h2-4,7-8H,5-6H2,1H3,(H2,14,15). The average molecular weight is 252 g/mol. The Balaban J connectivity index is 2.05. The summed E-state index contributed by atoms with van der Waals surface area (Å²) in [5.74, 6) is 0.535. The molecule has 5 heteroatoms. The number of benzene rings is 1. The first-order chi connectivity index (χ1) is 8.20. The number of rotatable bonds is 2. The molecule has 1 aliphatic carbocycles. The first-order valence-electron chi connectivity index (χ1n) is 5.65. The van der Waals surface area contributed by atoms with Crippen molar-refractivity contribution >= 4 is 28.6 Å². The van der Waals surface area contributed by atoms with Crippen molar-refractivity contribution in [2.24, 2.45) is 0 Å².